The van der Waals surface area contributed by atoms with Crippen molar-refractivity contribution in [3.63, 3.8) is 0 Å². The van der Waals surface area contributed by atoms with Crippen LogP contribution in [0, 0.1) is 0 Å². The maximum atomic E-state index is 13.1. The number of aromatic nitrogens is 3. The lowest BCUT2D eigenvalue weighted by Crippen LogP contribution is -2.31. The van der Waals surface area contributed by atoms with Gasteiger partial charge in [-0.25, -0.2) is 24.1 Å². The molecule has 1 atom stereocenters. The fourth-order valence-electron chi connectivity index (χ4n) is 2.82. The van der Waals surface area contributed by atoms with Crippen molar-refractivity contribution in [3.05, 3.63) is 30.5 Å². The molecule has 2 heterocycles. The number of urea groups is 1. The number of nitrogens with one attached hydrogen (secondary N) is 2. The monoisotopic (exact) mass is 462 g/mol. The first-order valence-electron chi connectivity index (χ1n) is 9.47. The van der Waals surface area contributed by atoms with E-state index in [4.69, 9.17) is 14.2 Å². The summed E-state index contributed by atoms with van der Waals surface area (Å²) in [6.45, 7) is 1.17. The Morgan fingerprint density at radius 1 is 1.12 bits per heavy atom. The highest BCUT2D eigenvalue weighted by atomic mass is 32.1. The maximum Gasteiger partial charge on any atom is 0.332 e. The fourth-order valence-corrected chi connectivity index (χ4v) is 3.10. The number of hydrogen-bond acceptors (Lipinski definition) is 9. The molecule has 0 fully saturated rings. The van der Waals surface area contributed by atoms with Crippen molar-refractivity contribution in [3.8, 4) is 17.2 Å². The van der Waals surface area contributed by atoms with Crippen molar-refractivity contribution in [1.29, 1.82) is 0 Å². The number of benzene rings is 1. The average Bonchev–Trinajstić information content (AvgIpc) is 2.77. The highest BCUT2D eigenvalue weighted by molar-refractivity contribution is 7.78. The molecule has 3 rings (SSSR count). The van der Waals surface area contributed by atoms with E-state index in [1.165, 1.54) is 28.3 Å². The van der Waals surface area contributed by atoms with Crippen molar-refractivity contribution in [1.82, 2.24) is 19.3 Å². The Bertz CT molecular complexity index is 1090. The van der Waals surface area contributed by atoms with E-state index in [-0.39, 0.29) is 12.4 Å². The molecule has 10 nitrogen and oxygen atoms in total. The molecule has 2 aromatic heterocycles. The van der Waals surface area contributed by atoms with Gasteiger partial charge in [-0.15, -0.1) is 0 Å². The fraction of sp³-hybridized carbons (Fsp3) is 0.300. The van der Waals surface area contributed by atoms with Gasteiger partial charge in [-0.1, -0.05) is 12.8 Å². The van der Waals surface area contributed by atoms with Gasteiger partial charge in [0.2, 0.25) is 5.75 Å². The van der Waals surface area contributed by atoms with Gasteiger partial charge < -0.3 is 19.5 Å². The Labute approximate surface area is 189 Å². The maximum absolute atomic E-state index is 13.1. The van der Waals surface area contributed by atoms with Crippen molar-refractivity contribution in [2.75, 3.05) is 38.5 Å². The molecule has 0 aliphatic rings. The molecular weight excluding hydrogens is 439 g/mol. The van der Waals surface area contributed by atoms with Gasteiger partial charge in [-0.2, -0.15) is 0 Å². The third-order valence-electron chi connectivity index (χ3n) is 4.24. The summed E-state index contributed by atoms with van der Waals surface area (Å²) in [6, 6.07) is 6.08. The van der Waals surface area contributed by atoms with E-state index in [0.717, 1.165) is 4.31 Å². The number of fused-ring (bicyclic) bond motifs is 1. The van der Waals surface area contributed by atoms with Crippen LogP contribution in [0.4, 0.5) is 26.5 Å². The highest BCUT2D eigenvalue weighted by Crippen LogP contribution is 2.40. The number of nitrogens with zero attached hydrogens (tertiary/aromatic N) is 4. The summed E-state index contributed by atoms with van der Waals surface area (Å²) in [5.74, 6) is 2.06. The van der Waals surface area contributed by atoms with Crippen LogP contribution in [0.25, 0.3) is 11.2 Å². The number of ether oxygens (including phenoxy) is 3. The summed E-state index contributed by atoms with van der Waals surface area (Å²) in [4.78, 5) is 25.2. The van der Waals surface area contributed by atoms with E-state index in [1.54, 1.807) is 30.5 Å². The Morgan fingerprint density at radius 2 is 1.78 bits per heavy atom. The predicted molar refractivity (Wildman–Crippen MR) is 122 cm³/mol. The Kier molecular flexibility index (Phi) is 7.36. The zero-order chi connectivity index (χ0) is 23.3. The number of amides is 2. The number of carbonyl (C=O) groups excluding carboxylic acids is 1. The van der Waals surface area contributed by atoms with E-state index in [0.29, 0.717) is 39.9 Å². The molecule has 0 saturated carbocycles. The third kappa shape index (κ3) is 5.38. The summed E-state index contributed by atoms with van der Waals surface area (Å²) in [7, 11) is 4.57. The first-order valence-corrected chi connectivity index (χ1v) is 9.87. The molecule has 0 bridgehead atoms. The molecule has 3 aromatic rings. The van der Waals surface area contributed by atoms with Crippen LogP contribution in [0.15, 0.2) is 30.5 Å². The Hall–Kier alpha value is -3.54. The van der Waals surface area contributed by atoms with E-state index in [2.05, 4.69) is 38.4 Å². The van der Waals surface area contributed by atoms with Gasteiger partial charge in [0, 0.05) is 17.8 Å². The Balaban J connectivity index is 1.84. The van der Waals surface area contributed by atoms with Crippen LogP contribution in [-0.2, 0) is 0 Å². The lowest BCUT2D eigenvalue weighted by atomic mass is 10.2. The molecule has 2 amide bonds. The average molecular weight is 463 g/mol. The minimum Gasteiger partial charge on any atom is -0.493 e. The van der Waals surface area contributed by atoms with Crippen LogP contribution in [0.5, 0.6) is 17.2 Å². The smallest absolute Gasteiger partial charge is 0.332 e. The van der Waals surface area contributed by atoms with Crippen LogP contribution in [0.2, 0.25) is 0 Å². The van der Waals surface area contributed by atoms with Crippen LogP contribution < -0.4 is 24.8 Å². The number of methoxy groups -OCH3 is 3. The number of rotatable bonds is 8. The van der Waals surface area contributed by atoms with Gasteiger partial charge in [0.25, 0.3) is 0 Å². The standard InChI is InChI=1S/C20H23FN6O4S/c1-11(21)10-27(32)20(28)26-16-6-5-13-19(24-16)25-17(9-22-13)23-12-7-14(29-2)18(31-4)15(8-12)30-3/h5-9,11,32H,10H2,1-4H3,(H2,23,24,25,26,28). The molecule has 170 valence electrons. The van der Waals surface area contributed by atoms with E-state index >= 15 is 0 Å². The van der Waals surface area contributed by atoms with Crippen LogP contribution in [-0.4, -0.2) is 59.3 Å². The second-order valence-corrected chi connectivity index (χ2v) is 7.11. The summed E-state index contributed by atoms with van der Waals surface area (Å²) in [5.41, 5.74) is 1.45. The normalized spacial score (nSPS) is 11.6. The number of carbonyl (C=O) groups is 1. The van der Waals surface area contributed by atoms with Crippen LogP contribution in [0.1, 0.15) is 6.92 Å². The van der Waals surface area contributed by atoms with Crippen molar-refractivity contribution < 1.29 is 23.4 Å². The first kappa shape index (κ1) is 23.1. The number of pyridine rings is 1. The van der Waals surface area contributed by atoms with E-state index in [1.807, 2.05) is 0 Å². The van der Waals surface area contributed by atoms with Crippen molar-refractivity contribution in [2.24, 2.45) is 0 Å². The molecule has 0 aliphatic carbocycles. The summed E-state index contributed by atoms with van der Waals surface area (Å²) >= 11 is 3.97. The van der Waals surface area contributed by atoms with Crippen molar-refractivity contribution >= 4 is 47.3 Å². The molecule has 1 unspecified atom stereocenters. The number of thiol groups is 1. The van der Waals surface area contributed by atoms with Gasteiger partial charge in [0.15, 0.2) is 23.0 Å². The summed E-state index contributed by atoms with van der Waals surface area (Å²) < 4.78 is 30.1. The zero-order valence-corrected chi connectivity index (χ0v) is 18.8. The van der Waals surface area contributed by atoms with Crippen LogP contribution >= 0.6 is 12.8 Å². The molecule has 0 spiro atoms. The van der Waals surface area contributed by atoms with Gasteiger partial charge in [0.1, 0.15) is 17.5 Å². The molecular formula is C20H23FN6O4S. The topological polar surface area (TPSA) is 111 Å². The number of alkyl halides is 1. The molecule has 32 heavy (non-hydrogen) atoms. The lowest BCUT2D eigenvalue weighted by molar-refractivity contribution is 0.228. The largest absolute Gasteiger partial charge is 0.493 e. The molecule has 0 saturated heterocycles. The number of anilines is 3. The van der Waals surface area contributed by atoms with Gasteiger partial charge in [-0.3, -0.25) is 9.62 Å². The first-order chi connectivity index (χ1) is 15.3. The third-order valence-corrected chi connectivity index (χ3v) is 4.58. The molecule has 2 N–H and O–H groups in total. The summed E-state index contributed by atoms with van der Waals surface area (Å²) in [5, 5.41) is 5.67. The zero-order valence-electron chi connectivity index (χ0n) is 17.9. The summed E-state index contributed by atoms with van der Waals surface area (Å²) in [6.07, 6.45) is 0.335. The van der Waals surface area contributed by atoms with E-state index < -0.39 is 12.2 Å². The highest BCUT2D eigenvalue weighted by Gasteiger charge is 2.15. The minimum atomic E-state index is -1.21. The molecule has 0 radical (unpaired) electrons. The van der Waals surface area contributed by atoms with E-state index in [9.17, 15) is 9.18 Å². The van der Waals surface area contributed by atoms with Gasteiger partial charge in [0.05, 0.1) is 34.1 Å². The SMILES string of the molecule is COc1cc(Nc2cnc3ccc(NC(=O)N(S)CC(C)F)nc3n2)cc(OC)c1OC. The number of hydrogen-bond donors (Lipinski definition) is 3. The molecule has 12 heteroatoms. The number of halogens is 1. The lowest BCUT2D eigenvalue weighted by Gasteiger charge is -2.16. The van der Waals surface area contributed by atoms with Gasteiger partial charge in [-0.05, 0) is 19.1 Å². The Morgan fingerprint density at radius 3 is 2.38 bits per heavy atom. The van der Waals surface area contributed by atoms with Crippen LogP contribution in [0.3, 0.4) is 0 Å². The second kappa shape index (κ2) is 10.2. The quantitative estimate of drug-likeness (QED) is 0.433. The van der Waals surface area contributed by atoms with Gasteiger partial charge >= 0.3 is 6.03 Å². The molecule has 0 aliphatic heterocycles. The van der Waals surface area contributed by atoms with Crippen molar-refractivity contribution in [2.45, 2.75) is 13.1 Å². The second-order valence-electron chi connectivity index (χ2n) is 6.63. The minimum absolute atomic E-state index is 0.162. The molecule has 1 aromatic carbocycles. The predicted octanol–water partition coefficient (Wildman–Crippen LogP) is 3.83.